The molecule has 0 saturated carbocycles. The van der Waals surface area contributed by atoms with Crippen molar-refractivity contribution in [2.75, 3.05) is 6.61 Å². The maximum absolute atomic E-state index is 12.1. The van der Waals surface area contributed by atoms with E-state index in [0.29, 0.717) is 12.2 Å². The third-order valence-electron chi connectivity index (χ3n) is 3.50. The van der Waals surface area contributed by atoms with E-state index in [9.17, 15) is 9.59 Å². The van der Waals surface area contributed by atoms with Crippen LogP contribution >= 0.6 is 0 Å². The number of nitrogens with one attached hydrogen (secondary N) is 1. The highest BCUT2D eigenvalue weighted by atomic mass is 16.5. The summed E-state index contributed by atoms with van der Waals surface area (Å²) in [4.78, 5) is 22.7. The van der Waals surface area contributed by atoms with Crippen LogP contribution in [-0.4, -0.2) is 29.1 Å². The second-order valence-corrected chi connectivity index (χ2v) is 7.36. The average Bonchev–Trinajstić information content (AvgIpc) is 2.42. The highest BCUT2D eigenvalue weighted by Gasteiger charge is 2.23. The van der Waals surface area contributed by atoms with Crippen molar-refractivity contribution in [2.45, 2.75) is 58.4 Å². The number of carbonyl (C=O) groups is 2. The van der Waals surface area contributed by atoms with E-state index >= 15 is 0 Å². The van der Waals surface area contributed by atoms with E-state index in [1.54, 1.807) is 13.8 Å². The zero-order chi connectivity index (χ0) is 17.7. The zero-order valence-corrected chi connectivity index (χ0v) is 14.6. The van der Waals surface area contributed by atoms with Gasteiger partial charge in [-0.15, -0.1) is 0 Å². The highest BCUT2D eigenvalue weighted by molar-refractivity contribution is 5.78. The summed E-state index contributed by atoms with van der Waals surface area (Å²) in [6.07, 6.45) is 0.383. The number of para-hydroxylation sites is 1. The predicted octanol–water partition coefficient (Wildman–Crippen LogP) is 3.12. The van der Waals surface area contributed by atoms with Gasteiger partial charge in [0.2, 0.25) is 0 Å². The van der Waals surface area contributed by atoms with Crippen molar-refractivity contribution in [3.63, 3.8) is 0 Å². The second kappa shape index (κ2) is 7.49. The van der Waals surface area contributed by atoms with E-state index in [1.165, 1.54) is 0 Å². The predicted molar refractivity (Wildman–Crippen MR) is 89.7 cm³/mol. The molecule has 23 heavy (non-hydrogen) atoms. The Morgan fingerprint density at radius 2 is 1.74 bits per heavy atom. The quantitative estimate of drug-likeness (QED) is 0.809. The Labute approximate surface area is 138 Å². The van der Waals surface area contributed by atoms with E-state index in [4.69, 9.17) is 9.84 Å². The standard InChI is InChI=1S/C18H27NO4/c1-17(2,3)13-8-6-7-9-14(13)23-12-15(20)19-18(4,5)11-10-16(21)22/h6-9H,10-12H2,1-5H3,(H,19,20)(H,21,22). The van der Waals surface area contributed by atoms with Crippen LogP contribution in [0.25, 0.3) is 0 Å². The average molecular weight is 321 g/mol. The molecule has 128 valence electrons. The van der Waals surface area contributed by atoms with Crippen LogP contribution in [-0.2, 0) is 15.0 Å². The number of hydrogen-bond acceptors (Lipinski definition) is 3. The van der Waals surface area contributed by atoms with Gasteiger partial charge >= 0.3 is 5.97 Å². The van der Waals surface area contributed by atoms with Crippen molar-refractivity contribution in [1.82, 2.24) is 5.32 Å². The molecule has 0 atom stereocenters. The lowest BCUT2D eigenvalue weighted by molar-refractivity contribution is -0.138. The van der Waals surface area contributed by atoms with Crippen molar-refractivity contribution in [2.24, 2.45) is 0 Å². The fourth-order valence-electron chi connectivity index (χ4n) is 2.25. The molecular formula is C18H27NO4. The van der Waals surface area contributed by atoms with Gasteiger partial charge in [-0.1, -0.05) is 39.0 Å². The van der Waals surface area contributed by atoms with Gasteiger partial charge in [-0.3, -0.25) is 9.59 Å². The molecule has 1 aromatic carbocycles. The summed E-state index contributed by atoms with van der Waals surface area (Å²) >= 11 is 0. The first-order chi connectivity index (χ1) is 10.5. The molecule has 5 nitrogen and oxygen atoms in total. The molecule has 0 fully saturated rings. The molecular weight excluding hydrogens is 294 g/mol. The molecule has 1 aromatic rings. The molecule has 0 heterocycles. The number of amides is 1. The molecule has 2 N–H and O–H groups in total. The van der Waals surface area contributed by atoms with Gasteiger partial charge in [0.05, 0.1) is 0 Å². The summed E-state index contributed by atoms with van der Waals surface area (Å²) in [5.41, 5.74) is 0.383. The number of carbonyl (C=O) groups excluding carboxylic acids is 1. The largest absolute Gasteiger partial charge is 0.483 e. The lowest BCUT2D eigenvalue weighted by Gasteiger charge is -2.26. The van der Waals surface area contributed by atoms with Gasteiger partial charge in [-0.2, -0.15) is 0 Å². The Balaban J connectivity index is 2.62. The van der Waals surface area contributed by atoms with Crippen molar-refractivity contribution in [1.29, 1.82) is 0 Å². The molecule has 0 bridgehead atoms. The van der Waals surface area contributed by atoms with Crippen molar-refractivity contribution in [3.8, 4) is 5.75 Å². The highest BCUT2D eigenvalue weighted by Crippen LogP contribution is 2.30. The molecule has 0 radical (unpaired) electrons. The molecule has 0 aliphatic heterocycles. The topological polar surface area (TPSA) is 75.6 Å². The van der Waals surface area contributed by atoms with Gasteiger partial charge in [0.25, 0.3) is 5.91 Å². The molecule has 0 aromatic heterocycles. The van der Waals surface area contributed by atoms with Gasteiger partial charge in [0.1, 0.15) is 5.75 Å². The molecule has 0 aliphatic rings. The maximum Gasteiger partial charge on any atom is 0.303 e. The van der Waals surface area contributed by atoms with E-state index < -0.39 is 11.5 Å². The Hall–Kier alpha value is -2.04. The van der Waals surface area contributed by atoms with Gasteiger partial charge in [0.15, 0.2) is 6.61 Å². The number of carboxylic acids is 1. The summed E-state index contributed by atoms with van der Waals surface area (Å²) in [6.45, 7) is 9.77. The normalized spacial score (nSPS) is 11.9. The van der Waals surface area contributed by atoms with Crippen LogP contribution in [0.15, 0.2) is 24.3 Å². The lowest BCUT2D eigenvalue weighted by atomic mass is 9.86. The zero-order valence-electron chi connectivity index (χ0n) is 14.6. The SMILES string of the molecule is CC(C)(CCC(=O)O)NC(=O)COc1ccccc1C(C)(C)C. The van der Waals surface area contributed by atoms with Crippen LogP contribution < -0.4 is 10.1 Å². The number of benzene rings is 1. The third kappa shape index (κ3) is 6.72. The molecule has 0 spiro atoms. The van der Waals surface area contributed by atoms with Crippen LogP contribution in [0.5, 0.6) is 5.75 Å². The molecule has 5 heteroatoms. The molecule has 0 saturated heterocycles. The molecule has 0 aliphatic carbocycles. The Morgan fingerprint density at radius 1 is 1.13 bits per heavy atom. The first-order valence-corrected chi connectivity index (χ1v) is 7.76. The first-order valence-electron chi connectivity index (χ1n) is 7.76. The number of hydrogen-bond donors (Lipinski definition) is 2. The van der Waals surface area contributed by atoms with Crippen molar-refractivity contribution in [3.05, 3.63) is 29.8 Å². The van der Waals surface area contributed by atoms with Crippen LogP contribution in [0.2, 0.25) is 0 Å². The van der Waals surface area contributed by atoms with Crippen LogP contribution in [0.1, 0.15) is 53.0 Å². The summed E-state index contributed by atoms with van der Waals surface area (Å²) in [6, 6.07) is 7.66. The molecule has 1 amide bonds. The molecule has 1 rings (SSSR count). The number of carboxylic acid groups (broad SMARTS) is 1. The van der Waals surface area contributed by atoms with Gasteiger partial charge in [-0.25, -0.2) is 0 Å². The Bertz CT molecular complexity index is 558. The summed E-state index contributed by atoms with van der Waals surface area (Å²) in [5.74, 6) is -0.440. The minimum atomic E-state index is -0.873. The smallest absolute Gasteiger partial charge is 0.303 e. The Morgan fingerprint density at radius 3 is 2.30 bits per heavy atom. The monoisotopic (exact) mass is 321 g/mol. The van der Waals surface area contributed by atoms with E-state index in [2.05, 4.69) is 26.1 Å². The lowest BCUT2D eigenvalue weighted by Crippen LogP contribution is -2.45. The fraction of sp³-hybridized carbons (Fsp3) is 0.556. The third-order valence-corrected chi connectivity index (χ3v) is 3.50. The van der Waals surface area contributed by atoms with Crippen LogP contribution in [0, 0.1) is 0 Å². The minimum Gasteiger partial charge on any atom is -0.483 e. The summed E-state index contributed by atoms with van der Waals surface area (Å²) in [5, 5.41) is 11.5. The summed E-state index contributed by atoms with van der Waals surface area (Å²) < 4.78 is 5.67. The van der Waals surface area contributed by atoms with E-state index in [-0.39, 0.29) is 24.3 Å². The van der Waals surface area contributed by atoms with E-state index in [0.717, 1.165) is 5.56 Å². The van der Waals surface area contributed by atoms with Gasteiger partial charge in [-0.05, 0) is 37.3 Å². The van der Waals surface area contributed by atoms with Gasteiger partial charge < -0.3 is 15.2 Å². The maximum atomic E-state index is 12.1. The number of ether oxygens (including phenoxy) is 1. The minimum absolute atomic E-state index is 0.0149. The van der Waals surface area contributed by atoms with Crippen LogP contribution in [0.3, 0.4) is 0 Å². The summed E-state index contributed by atoms with van der Waals surface area (Å²) in [7, 11) is 0. The van der Waals surface area contributed by atoms with Crippen LogP contribution in [0.4, 0.5) is 0 Å². The van der Waals surface area contributed by atoms with E-state index in [1.807, 2.05) is 24.3 Å². The molecule has 0 unspecified atom stereocenters. The first kappa shape index (κ1) is 19.0. The van der Waals surface area contributed by atoms with Crippen molar-refractivity contribution < 1.29 is 19.4 Å². The second-order valence-electron chi connectivity index (χ2n) is 7.36. The number of rotatable bonds is 7. The number of aliphatic carboxylic acids is 1. The van der Waals surface area contributed by atoms with Crippen molar-refractivity contribution >= 4 is 11.9 Å². The fourth-order valence-corrected chi connectivity index (χ4v) is 2.25. The Kier molecular flexibility index (Phi) is 6.19. The van der Waals surface area contributed by atoms with Gasteiger partial charge in [0, 0.05) is 12.0 Å².